The van der Waals surface area contributed by atoms with Gasteiger partial charge in [-0.15, -0.1) is 0 Å². The number of morpholine rings is 1. The highest BCUT2D eigenvalue weighted by molar-refractivity contribution is 7.08. The second-order valence-electron chi connectivity index (χ2n) is 4.86. The van der Waals surface area contributed by atoms with Crippen LogP contribution in [0.1, 0.15) is 27.9 Å². The molecule has 0 aliphatic carbocycles. The van der Waals surface area contributed by atoms with E-state index in [1.807, 2.05) is 10.8 Å². The Morgan fingerprint density at radius 1 is 1.57 bits per heavy atom. The molecular weight excluding hydrogens is 290 g/mol. The van der Waals surface area contributed by atoms with E-state index in [2.05, 4.69) is 9.97 Å². The largest absolute Gasteiger partial charge is 0.377 e. The van der Waals surface area contributed by atoms with Gasteiger partial charge in [0.05, 0.1) is 30.5 Å². The molecule has 21 heavy (non-hydrogen) atoms. The third-order valence-corrected chi connectivity index (χ3v) is 4.06. The fourth-order valence-corrected chi connectivity index (χ4v) is 3.05. The molecule has 6 nitrogen and oxygen atoms in total. The van der Waals surface area contributed by atoms with Crippen LogP contribution >= 0.6 is 11.3 Å². The van der Waals surface area contributed by atoms with E-state index >= 15 is 0 Å². The van der Waals surface area contributed by atoms with Crippen molar-refractivity contribution in [2.24, 2.45) is 0 Å². The van der Waals surface area contributed by atoms with E-state index in [9.17, 15) is 9.59 Å². The number of amides is 1. The van der Waals surface area contributed by atoms with Crippen LogP contribution in [0.15, 0.2) is 27.7 Å². The lowest BCUT2D eigenvalue weighted by molar-refractivity contribution is -0.00398. The first kappa shape index (κ1) is 14.0. The Hall–Kier alpha value is -1.99. The predicted octanol–water partition coefficient (Wildman–Crippen LogP) is 1.35. The minimum absolute atomic E-state index is 0.0516. The number of aromatic nitrogens is 2. The fourth-order valence-electron chi connectivity index (χ4n) is 2.42. The number of carbonyl (C=O) groups is 1. The van der Waals surface area contributed by atoms with Crippen LogP contribution in [0.2, 0.25) is 0 Å². The smallest absolute Gasteiger partial charge is 0.255 e. The van der Waals surface area contributed by atoms with Gasteiger partial charge in [0.1, 0.15) is 5.82 Å². The van der Waals surface area contributed by atoms with Crippen LogP contribution in [-0.2, 0) is 4.74 Å². The molecule has 2 aromatic heterocycles. The van der Waals surface area contributed by atoms with Crippen molar-refractivity contribution >= 4 is 17.2 Å². The molecule has 1 aliphatic rings. The second kappa shape index (κ2) is 5.79. The summed E-state index contributed by atoms with van der Waals surface area (Å²) in [5.41, 5.74) is 1.01. The average molecular weight is 305 g/mol. The van der Waals surface area contributed by atoms with Crippen molar-refractivity contribution in [3.05, 3.63) is 50.3 Å². The molecule has 1 atom stereocenters. The van der Waals surface area contributed by atoms with Gasteiger partial charge in [0.15, 0.2) is 0 Å². The number of thiophene rings is 1. The molecule has 1 N–H and O–H groups in total. The Balaban J connectivity index is 1.94. The van der Waals surface area contributed by atoms with Crippen LogP contribution in [0.3, 0.4) is 0 Å². The SMILES string of the molecule is Cc1nc([C@@H]2COCCN2C(=O)c2ccsc2)cc(=O)[nH]1. The number of H-pyrrole nitrogens is 1. The van der Waals surface area contributed by atoms with E-state index in [-0.39, 0.29) is 17.5 Å². The average Bonchev–Trinajstić information content (AvgIpc) is 2.99. The lowest BCUT2D eigenvalue weighted by Gasteiger charge is -2.35. The van der Waals surface area contributed by atoms with Crippen molar-refractivity contribution in [1.82, 2.24) is 14.9 Å². The van der Waals surface area contributed by atoms with Crippen molar-refractivity contribution < 1.29 is 9.53 Å². The van der Waals surface area contributed by atoms with Gasteiger partial charge in [-0.05, 0) is 18.4 Å². The third kappa shape index (κ3) is 2.88. The molecule has 0 unspecified atom stereocenters. The van der Waals surface area contributed by atoms with Gasteiger partial charge in [-0.25, -0.2) is 4.98 Å². The zero-order valence-electron chi connectivity index (χ0n) is 11.5. The molecule has 1 saturated heterocycles. The summed E-state index contributed by atoms with van der Waals surface area (Å²) in [6, 6.07) is 2.91. The molecule has 0 bridgehead atoms. The summed E-state index contributed by atoms with van der Waals surface area (Å²) >= 11 is 1.48. The van der Waals surface area contributed by atoms with Gasteiger partial charge in [0.2, 0.25) is 0 Å². The summed E-state index contributed by atoms with van der Waals surface area (Å²) < 4.78 is 5.47. The van der Waals surface area contributed by atoms with Crippen molar-refractivity contribution in [1.29, 1.82) is 0 Å². The number of nitrogens with zero attached hydrogens (tertiary/aromatic N) is 2. The zero-order valence-corrected chi connectivity index (χ0v) is 12.4. The quantitative estimate of drug-likeness (QED) is 0.909. The van der Waals surface area contributed by atoms with Gasteiger partial charge in [-0.1, -0.05) is 0 Å². The maximum Gasteiger partial charge on any atom is 0.255 e. The number of nitrogens with one attached hydrogen (secondary N) is 1. The summed E-state index contributed by atoms with van der Waals surface area (Å²) in [5.74, 6) is 0.482. The second-order valence-corrected chi connectivity index (χ2v) is 5.64. The monoisotopic (exact) mass is 305 g/mol. The normalized spacial score (nSPS) is 18.7. The number of carbonyl (C=O) groups excluding carboxylic acids is 1. The van der Waals surface area contributed by atoms with E-state index in [1.54, 1.807) is 17.9 Å². The van der Waals surface area contributed by atoms with Gasteiger partial charge in [-0.2, -0.15) is 11.3 Å². The number of hydrogen-bond acceptors (Lipinski definition) is 5. The van der Waals surface area contributed by atoms with E-state index in [0.29, 0.717) is 36.8 Å². The maximum absolute atomic E-state index is 12.6. The molecule has 0 radical (unpaired) electrons. The van der Waals surface area contributed by atoms with Crippen LogP contribution in [0.4, 0.5) is 0 Å². The Labute approximate surface area is 125 Å². The molecule has 1 aliphatic heterocycles. The van der Waals surface area contributed by atoms with Gasteiger partial charge in [0.25, 0.3) is 11.5 Å². The molecule has 1 fully saturated rings. The van der Waals surface area contributed by atoms with E-state index < -0.39 is 0 Å². The summed E-state index contributed by atoms with van der Waals surface area (Å²) in [7, 11) is 0. The number of rotatable bonds is 2. The number of aryl methyl sites for hydroxylation is 1. The standard InChI is InChI=1S/C14H15N3O3S/c1-9-15-11(6-13(18)16-9)12-7-20-4-3-17(12)14(19)10-2-5-21-8-10/h2,5-6,8,12H,3-4,7H2,1H3,(H,15,16,18)/t12-/m0/s1. The van der Waals surface area contributed by atoms with Crippen molar-refractivity contribution in [2.45, 2.75) is 13.0 Å². The molecule has 0 aromatic carbocycles. The zero-order chi connectivity index (χ0) is 14.8. The summed E-state index contributed by atoms with van der Waals surface area (Å²) in [5, 5.41) is 3.70. The van der Waals surface area contributed by atoms with Crippen LogP contribution < -0.4 is 5.56 Å². The lowest BCUT2D eigenvalue weighted by atomic mass is 10.1. The Kier molecular flexibility index (Phi) is 3.85. The van der Waals surface area contributed by atoms with Gasteiger partial charge < -0.3 is 14.6 Å². The molecule has 110 valence electrons. The Bertz CT molecular complexity index is 696. The van der Waals surface area contributed by atoms with Crippen LogP contribution in [0.25, 0.3) is 0 Å². The number of aromatic amines is 1. The first-order chi connectivity index (χ1) is 10.1. The molecule has 3 heterocycles. The highest BCUT2D eigenvalue weighted by Crippen LogP contribution is 2.24. The first-order valence-corrected chi connectivity index (χ1v) is 7.58. The van der Waals surface area contributed by atoms with Gasteiger partial charge in [0, 0.05) is 18.0 Å². The highest BCUT2D eigenvalue weighted by atomic mass is 32.1. The molecule has 0 saturated carbocycles. The summed E-state index contributed by atoms with van der Waals surface area (Å²) in [6.45, 7) is 3.06. The molecule has 3 rings (SSSR count). The minimum Gasteiger partial charge on any atom is -0.377 e. The lowest BCUT2D eigenvalue weighted by Crippen LogP contribution is -2.44. The minimum atomic E-state index is -0.327. The van der Waals surface area contributed by atoms with E-state index in [4.69, 9.17) is 4.74 Å². The predicted molar refractivity (Wildman–Crippen MR) is 78.5 cm³/mol. The third-order valence-electron chi connectivity index (χ3n) is 3.38. The van der Waals surface area contributed by atoms with Crippen molar-refractivity contribution in [3.8, 4) is 0 Å². The Morgan fingerprint density at radius 3 is 3.14 bits per heavy atom. The summed E-state index contributed by atoms with van der Waals surface area (Å²) in [6.07, 6.45) is 0. The fraction of sp³-hybridized carbons (Fsp3) is 0.357. The van der Waals surface area contributed by atoms with Crippen molar-refractivity contribution in [3.63, 3.8) is 0 Å². The maximum atomic E-state index is 12.6. The summed E-state index contributed by atoms with van der Waals surface area (Å²) in [4.78, 5) is 32.9. The molecule has 0 spiro atoms. The first-order valence-electron chi connectivity index (χ1n) is 6.64. The van der Waals surface area contributed by atoms with E-state index in [0.717, 1.165) is 0 Å². The molecule has 2 aromatic rings. The highest BCUT2D eigenvalue weighted by Gasteiger charge is 2.30. The van der Waals surface area contributed by atoms with Gasteiger partial charge >= 0.3 is 0 Å². The molecule has 1 amide bonds. The molecular formula is C14H15N3O3S. The number of ether oxygens (including phenoxy) is 1. The van der Waals surface area contributed by atoms with Crippen LogP contribution in [0.5, 0.6) is 0 Å². The van der Waals surface area contributed by atoms with Crippen LogP contribution in [0, 0.1) is 6.92 Å². The van der Waals surface area contributed by atoms with E-state index in [1.165, 1.54) is 17.4 Å². The number of hydrogen-bond donors (Lipinski definition) is 1. The van der Waals surface area contributed by atoms with Crippen LogP contribution in [-0.4, -0.2) is 40.5 Å². The van der Waals surface area contributed by atoms with Gasteiger partial charge in [-0.3, -0.25) is 9.59 Å². The topological polar surface area (TPSA) is 75.3 Å². The molecule has 7 heteroatoms. The van der Waals surface area contributed by atoms with Crippen molar-refractivity contribution in [2.75, 3.05) is 19.8 Å². The Morgan fingerprint density at radius 2 is 2.43 bits per heavy atom.